The molecule has 1 atom stereocenters. The number of rotatable bonds is 5. The Hall–Kier alpha value is -1.66. The summed E-state index contributed by atoms with van der Waals surface area (Å²) < 4.78 is 11.6. The van der Waals surface area contributed by atoms with Gasteiger partial charge in [-0.3, -0.25) is 4.40 Å². The van der Waals surface area contributed by atoms with Gasteiger partial charge in [0.2, 0.25) is 0 Å². The first-order valence-corrected chi connectivity index (χ1v) is 6.59. The molecular formula is C13H16ClN3O3. The second kappa shape index (κ2) is 6.19. The molecule has 0 fully saturated rings. The molecule has 2 aromatic rings. The normalized spacial score (nSPS) is 12.6. The highest BCUT2D eigenvalue weighted by Crippen LogP contribution is 2.20. The maximum absolute atomic E-state index is 11.6. The van der Waals surface area contributed by atoms with E-state index in [2.05, 4.69) is 10.2 Å². The Bertz CT molecular complexity index is 627. The predicted molar refractivity (Wildman–Crippen MR) is 74.1 cm³/mol. The number of nitrogens with zero attached hydrogens (tertiary/aromatic N) is 3. The fourth-order valence-electron chi connectivity index (χ4n) is 1.85. The molecule has 2 rings (SSSR count). The molecule has 2 aromatic heterocycles. The SMILES string of the molecule is COC(=O)c1cc(Cl)c2nnc(CCC(C)OC)n2c1. The second-order valence-corrected chi connectivity index (χ2v) is 4.87. The third kappa shape index (κ3) is 2.91. The van der Waals surface area contributed by atoms with Gasteiger partial charge < -0.3 is 9.47 Å². The van der Waals surface area contributed by atoms with Gasteiger partial charge in [0.1, 0.15) is 5.82 Å². The summed E-state index contributed by atoms with van der Waals surface area (Å²) in [6, 6.07) is 1.53. The van der Waals surface area contributed by atoms with Gasteiger partial charge in [0.25, 0.3) is 0 Å². The van der Waals surface area contributed by atoms with Gasteiger partial charge in [-0.25, -0.2) is 4.79 Å². The van der Waals surface area contributed by atoms with Gasteiger partial charge in [0.05, 0.1) is 23.8 Å². The van der Waals surface area contributed by atoms with Crippen LogP contribution in [0.1, 0.15) is 29.5 Å². The van der Waals surface area contributed by atoms with Gasteiger partial charge in [-0.1, -0.05) is 11.6 Å². The summed E-state index contributed by atoms with van der Waals surface area (Å²) in [4.78, 5) is 11.6. The van der Waals surface area contributed by atoms with Crippen molar-refractivity contribution in [3.8, 4) is 0 Å². The second-order valence-electron chi connectivity index (χ2n) is 4.46. The summed E-state index contributed by atoms with van der Waals surface area (Å²) in [6.45, 7) is 1.98. The van der Waals surface area contributed by atoms with E-state index in [1.54, 1.807) is 17.7 Å². The van der Waals surface area contributed by atoms with Crippen molar-refractivity contribution in [2.45, 2.75) is 25.9 Å². The molecule has 0 radical (unpaired) electrons. The molecule has 0 N–H and O–H groups in total. The summed E-state index contributed by atoms with van der Waals surface area (Å²) in [5, 5.41) is 8.51. The molecule has 0 aromatic carbocycles. The fourth-order valence-corrected chi connectivity index (χ4v) is 2.10. The van der Waals surface area contributed by atoms with Crippen LogP contribution in [-0.4, -0.2) is 40.9 Å². The van der Waals surface area contributed by atoms with Crippen LogP contribution in [0.25, 0.3) is 5.65 Å². The lowest BCUT2D eigenvalue weighted by Crippen LogP contribution is -2.08. The summed E-state index contributed by atoms with van der Waals surface area (Å²) in [5.74, 6) is 0.287. The number of aryl methyl sites for hydroxylation is 1. The quantitative estimate of drug-likeness (QED) is 0.791. The lowest BCUT2D eigenvalue weighted by Gasteiger charge is -2.08. The number of hydrogen-bond donors (Lipinski definition) is 0. The summed E-state index contributed by atoms with van der Waals surface area (Å²) in [7, 11) is 2.99. The first kappa shape index (κ1) is 14.7. The maximum atomic E-state index is 11.6. The molecule has 2 heterocycles. The van der Waals surface area contributed by atoms with Crippen molar-refractivity contribution in [2.24, 2.45) is 0 Å². The number of pyridine rings is 1. The number of halogens is 1. The molecule has 20 heavy (non-hydrogen) atoms. The van der Waals surface area contributed by atoms with Crippen molar-refractivity contribution in [3.05, 3.63) is 28.7 Å². The Balaban J connectivity index is 2.37. The Labute approximate surface area is 121 Å². The van der Waals surface area contributed by atoms with Gasteiger partial charge in [0, 0.05) is 19.7 Å². The Morgan fingerprint density at radius 1 is 1.45 bits per heavy atom. The highest BCUT2D eigenvalue weighted by molar-refractivity contribution is 6.33. The van der Waals surface area contributed by atoms with Gasteiger partial charge >= 0.3 is 5.97 Å². The van der Waals surface area contributed by atoms with E-state index in [0.29, 0.717) is 22.7 Å². The van der Waals surface area contributed by atoms with Crippen molar-refractivity contribution in [3.63, 3.8) is 0 Å². The molecule has 6 nitrogen and oxygen atoms in total. The molecule has 0 saturated heterocycles. The minimum absolute atomic E-state index is 0.126. The first-order valence-electron chi connectivity index (χ1n) is 6.21. The molecule has 7 heteroatoms. The molecule has 0 aliphatic heterocycles. The standard InChI is InChI=1S/C13H16ClN3O3/c1-8(19-2)4-5-11-15-16-12-10(14)6-9(7-17(11)12)13(18)20-3/h6-8H,4-5H2,1-3H3. The summed E-state index contributed by atoms with van der Waals surface area (Å²) in [5.41, 5.74) is 0.894. The zero-order valence-electron chi connectivity index (χ0n) is 11.6. The van der Waals surface area contributed by atoms with Crippen molar-refractivity contribution in [1.29, 1.82) is 0 Å². The van der Waals surface area contributed by atoms with Crippen molar-refractivity contribution < 1.29 is 14.3 Å². The van der Waals surface area contributed by atoms with E-state index in [4.69, 9.17) is 21.1 Å². The van der Waals surface area contributed by atoms with E-state index >= 15 is 0 Å². The number of methoxy groups -OCH3 is 2. The van der Waals surface area contributed by atoms with Crippen LogP contribution in [0.3, 0.4) is 0 Å². The molecule has 0 aliphatic rings. The average molecular weight is 298 g/mol. The highest BCUT2D eigenvalue weighted by Gasteiger charge is 2.15. The van der Waals surface area contributed by atoms with Crippen LogP contribution in [0.5, 0.6) is 0 Å². The Morgan fingerprint density at radius 2 is 2.20 bits per heavy atom. The molecule has 108 valence electrons. The van der Waals surface area contributed by atoms with Crippen LogP contribution in [0, 0.1) is 0 Å². The van der Waals surface area contributed by atoms with Crippen molar-refractivity contribution in [2.75, 3.05) is 14.2 Å². The molecule has 0 amide bonds. The van der Waals surface area contributed by atoms with E-state index in [1.165, 1.54) is 13.2 Å². The summed E-state index contributed by atoms with van der Waals surface area (Å²) in [6.07, 6.45) is 3.25. The van der Waals surface area contributed by atoms with Gasteiger partial charge in [0.15, 0.2) is 5.65 Å². The van der Waals surface area contributed by atoms with E-state index in [0.717, 1.165) is 12.2 Å². The monoisotopic (exact) mass is 297 g/mol. The van der Waals surface area contributed by atoms with Crippen LogP contribution < -0.4 is 0 Å². The van der Waals surface area contributed by atoms with E-state index in [-0.39, 0.29) is 6.10 Å². The third-order valence-electron chi connectivity index (χ3n) is 3.13. The molecular weight excluding hydrogens is 282 g/mol. The maximum Gasteiger partial charge on any atom is 0.339 e. The lowest BCUT2D eigenvalue weighted by molar-refractivity contribution is 0.0600. The molecule has 0 aliphatic carbocycles. The van der Waals surface area contributed by atoms with Crippen LogP contribution >= 0.6 is 11.6 Å². The predicted octanol–water partition coefficient (Wildman–Crippen LogP) is 2.14. The first-order chi connectivity index (χ1) is 9.56. The smallest absolute Gasteiger partial charge is 0.339 e. The Morgan fingerprint density at radius 3 is 2.85 bits per heavy atom. The van der Waals surface area contributed by atoms with Gasteiger partial charge in [-0.05, 0) is 19.4 Å². The van der Waals surface area contributed by atoms with Crippen molar-refractivity contribution >= 4 is 23.2 Å². The fraction of sp³-hybridized carbons (Fsp3) is 0.462. The topological polar surface area (TPSA) is 65.7 Å². The number of hydrogen-bond acceptors (Lipinski definition) is 5. The van der Waals surface area contributed by atoms with E-state index < -0.39 is 5.97 Å². The van der Waals surface area contributed by atoms with Crippen molar-refractivity contribution in [1.82, 2.24) is 14.6 Å². The Kier molecular flexibility index (Phi) is 4.57. The number of fused-ring (bicyclic) bond motifs is 1. The third-order valence-corrected chi connectivity index (χ3v) is 3.41. The van der Waals surface area contributed by atoms with Crippen LogP contribution in [0.4, 0.5) is 0 Å². The largest absolute Gasteiger partial charge is 0.465 e. The lowest BCUT2D eigenvalue weighted by atomic mass is 10.2. The minimum Gasteiger partial charge on any atom is -0.465 e. The van der Waals surface area contributed by atoms with Gasteiger partial charge in [-0.2, -0.15) is 0 Å². The number of carbonyl (C=O) groups excluding carboxylic acids is 1. The number of carbonyl (C=O) groups is 1. The summed E-state index contributed by atoms with van der Waals surface area (Å²) >= 11 is 6.11. The molecule has 0 bridgehead atoms. The average Bonchev–Trinajstić information content (AvgIpc) is 2.87. The minimum atomic E-state index is -0.446. The molecule has 0 saturated carbocycles. The molecule has 0 spiro atoms. The number of aromatic nitrogens is 3. The van der Waals surface area contributed by atoms with Crippen LogP contribution in [-0.2, 0) is 15.9 Å². The number of esters is 1. The van der Waals surface area contributed by atoms with E-state index in [1.807, 2.05) is 6.92 Å². The van der Waals surface area contributed by atoms with Crippen LogP contribution in [0.2, 0.25) is 5.02 Å². The zero-order valence-corrected chi connectivity index (χ0v) is 12.3. The van der Waals surface area contributed by atoms with Gasteiger partial charge in [-0.15, -0.1) is 10.2 Å². The van der Waals surface area contributed by atoms with E-state index in [9.17, 15) is 4.79 Å². The highest BCUT2D eigenvalue weighted by atomic mass is 35.5. The number of ether oxygens (including phenoxy) is 2. The van der Waals surface area contributed by atoms with Crippen LogP contribution in [0.15, 0.2) is 12.3 Å². The zero-order chi connectivity index (χ0) is 14.7. The molecule has 1 unspecified atom stereocenters.